The lowest BCUT2D eigenvalue weighted by molar-refractivity contribution is -0.122. The first kappa shape index (κ1) is 12.7. The minimum atomic E-state index is 0.0745. The van der Waals surface area contributed by atoms with Crippen molar-refractivity contribution in [2.45, 2.75) is 25.7 Å². The molecule has 2 rings (SSSR count). The van der Waals surface area contributed by atoms with E-state index in [1.807, 2.05) is 24.3 Å². The second-order valence-electron chi connectivity index (χ2n) is 4.47. The first-order valence-electron chi connectivity index (χ1n) is 6.30. The average Bonchev–Trinajstić information content (AvgIpc) is 2.27. The van der Waals surface area contributed by atoms with Crippen LogP contribution in [0.3, 0.4) is 0 Å². The number of carbonyl (C=O) groups is 1. The fourth-order valence-corrected chi connectivity index (χ4v) is 1.81. The monoisotopic (exact) mass is 243 g/mol. The van der Waals surface area contributed by atoms with Crippen LogP contribution in [-0.4, -0.2) is 17.6 Å². The molecule has 1 aromatic rings. The van der Waals surface area contributed by atoms with Crippen LogP contribution >= 0.6 is 0 Å². The minimum Gasteiger partial charge on any atom is -0.395 e. The zero-order valence-electron chi connectivity index (χ0n) is 10.3. The van der Waals surface area contributed by atoms with Gasteiger partial charge in [-0.2, -0.15) is 0 Å². The molecule has 0 radical (unpaired) electrons. The van der Waals surface area contributed by atoms with Crippen molar-refractivity contribution in [2.75, 3.05) is 11.9 Å². The number of hydrogen-bond donors (Lipinski definition) is 2. The van der Waals surface area contributed by atoms with Crippen molar-refractivity contribution in [3.8, 4) is 11.8 Å². The number of nitrogens with one attached hydrogen (secondary N) is 1. The van der Waals surface area contributed by atoms with Gasteiger partial charge in [-0.25, -0.2) is 0 Å². The standard InChI is InChI=1S/C15H17NO2/c17-10-2-1-5-12-6-3-9-14(11-12)16-15(18)13-7-4-8-13/h3,6,9,11,13,17H,2,4,7-8,10H2,(H,16,18). The second-order valence-corrected chi connectivity index (χ2v) is 4.47. The summed E-state index contributed by atoms with van der Waals surface area (Å²) in [6.07, 6.45) is 3.63. The zero-order valence-corrected chi connectivity index (χ0v) is 10.3. The average molecular weight is 243 g/mol. The van der Waals surface area contributed by atoms with Gasteiger partial charge in [0, 0.05) is 23.6 Å². The Bertz CT molecular complexity index is 481. The third kappa shape index (κ3) is 3.35. The fourth-order valence-electron chi connectivity index (χ4n) is 1.81. The first-order valence-corrected chi connectivity index (χ1v) is 6.30. The molecule has 0 aliphatic heterocycles. The minimum absolute atomic E-state index is 0.0745. The van der Waals surface area contributed by atoms with Crippen LogP contribution in [0.1, 0.15) is 31.2 Å². The van der Waals surface area contributed by atoms with E-state index < -0.39 is 0 Å². The lowest BCUT2D eigenvalue weighted by Crippen LogP contribution is -2.28. The molecule has 1 aliphatic rings. The number of anilines is 1. The summed E-state index contributed by atoms with van der Waals surface area (Å²) in [6, 6.07) is 7.50. The summed E-state index contributed by atoms with van der Waals surface area (Å²) < 4.78 is 0. The Morgan fingerprint density at radius 3 is 2.94 bits per heavy atom. The van der Waals surface area contributed by atoms with Crippen LogP contribution in [0.2, 0.25) is 0 Å². The van der Waals surface area contributed by atoms with Crippen LogP contribution in [0.25, 0.3) is 0 Å². The van der Waals surface area contributed by atoms with Crippen molar-refractivity contribution in [1.29, 1.82) is 0 Å². The Hall–Kier alpha value is -1.79. The number of amides is 1. The third-order valence-corrected chi connectivity index (χ3v) is 3.08. The highest BCUT2D eigenvalue weighted by Gasteiger charge is 2.24. The van der Waals surface area contributed by atoms with Crippen molar-refractivity contribution in [3.63, 3.8) is 0 Å². The van der Waals surface area contributed by atoms with Gasteiger partial charge in [-0.3, -0.25) is 4.79 Å². The molecule has 3 heteroatoms. The van der Waals surface area contributed by atoms with E-state index in [4.69, 9.17) is 5.11 Å². The molecule has 0 aromatic heterocycles. The van der Waals surface area contributed by atoms with Crippen LogP contribution in [0.5, 0.6) is 0 Å². The summed E-state index contributed by atoms with van der Waals surface area (Å²) >= 11 is 0. The lowest BCUT2D eigenvalue weighted by atomic mass is 9.85. The van der Waals surface area contributed by atoms with E-state index in [0.717, 1.165) is 30.5 Å². The van der Waals surface area contributed by atoms with E-state index in [1.54, 1.807) is 0 Å². The van der Waals surface area contributed by atoms with Crippen molar-refractivity contribution < 1.29 is 9.90 Å². The van der Waals surface area contributed by atoms with Gasteiger partial charge in [-0.15, -0.1) is 0 Å². The smallest absolute Gasteiger partial charge is 0.227 e. The summed E-state index contributed by atoms with van der Waals surface area (Å²) in [5, 5.41) is 11.6. The quantitative estimate of drug-likeness (QED) is 0.799. The maximum absolute atomic E-state index is 11.8. The van der Waals surface area contributed by atoms with Crippen molar-refractivity contribution in [2.24, 2.45) is 5.92 Å². The summed E-state index contributed by atoms with van der Waals surface area (Å²) in [5.74, 6) is 6.12. The van der Waals surface area contributed by atoms with Crippen LogP contribution in [0.15, 0.2) is 24.3 Å². The van der Waals surface area contributed by atoms with Gasteiger partial charge in [-0.1, -0.05) is 24.3 Å². The third-order valence-electron chi connectivity index (χ3n) is 3.08. The van der Waals surface area contributed by atoms with E-state index in [1.165, 1.54) is 0 Å². The number of carbonyl (C=O) groups excluding carboxylic acids is 1. The molecule has 94 valence electrons. The van der Waals surface area contributed by atoms with E-state index >= 15 is 0 Å². The molecular formula is C15H17NO2. The van der Waals surface area contributed by atoms with Crippen LogP contribution < -0.4 is 5.32 Å². The van der Waals surface area contributed by atoms with Crippen LogP contribution in [0.4, 0.5) is 5.69 Å². The first-order chi connectivity index (χ1) is 8.79. The Morgan fingerprint density at radius 1 is 1.44 bits per heavy atom. The van der Waals surface area contributed by atoms with Crippen LogP contribution in [-0.2, 0) is 4.79 Å². The predicted octanol–water partition coefficient (Wildman–Crippen LogP) is 2.16. The number of benzene rings is 1. The van der Waals surface area contributed by atoms with Gasteiger partial charge >= 0.3 is 0 Å². The Labute approximate surface area is 107 Å². The molecule has 0 bridgehead atoms. The summed E-state index contributed by atoms with van der Waals surface area (Å²) in [5.41, 5.74) is 1.65. The van der Waals surface area contributed by atoms with E-state index in [9.17, 15) is 4.79 Å². The molecule has 0 spiro atoms. The maximum Gasteiger partial charge on any atom is 0.227 e. The van der Waals surface area contributed by atoms with Crippen LogP contribution in [0, 0.1) is 17.8 Å². The Kier molecular flexibility index (Phi) is 4.38. The van der Waals surface area contributed by atoms with Gasteiger partial charge in [0.1, 0.15) is 0 Å². The maximum atomic E-state index is 11.8. The molecular weight excluding hydrogens is 226 g/mol. The molecule has 1 fully saturated rings. The molecule has 1 aromatic carbocycles. The number of rotatable bonds is 3. The molecule has 0 heterocycles. The second kappa shape index (κ2) is 6.23. The summed E-state index contributed by atoms with van der Waals surface area (Å²) in [6.45, 7) is 0.0745. The van der Waals surface area contributed by atoms with Gasteiger partial charge in [0.25, 0.3) is 0 Å². The fraction of sp³-hybridized carbons (Fsp3) is 0.400. The number of hydrogen-bond acceptors (Lipinski definition) is 2. The highest BCUT2D eigenvalue weighted by Crippen LogP contribution is 2.27. The lowest BCUT2D eigenvalue weighted by Gasteiger charge is -2.24. The highest BCUT2D eigenvalue weighted by atomic mass is 16.2. The Morgan fingerprint density at radius 2 is 2.28 bits per heavy atom. The number of aliphatic hydroxyl groups is 1. The van der Waals surface area contributed by atoms with E-state index in [2.05, 4.69) is 17.2 Å². The molecule has 0 saturated heterocycles. The molecule has 1 amide bonds. The van der Waals surface area contributed by atoms with Gasteiger partial charge in [-0.05, 0) is 31.0 Å². The van der Waals surface area contributed by atoms with E-state index in [-0.39, 0.29) is 18.4 Å². The normalized spacial score (nSPS) is 14.3. The number of aliphatic hydroxyl groups excluding tert-OH is 1. The SMILES string of the molecule is O=C(Nc1cccc(C#CCCO)c1)C1CCC1. The van der Waals surface area contributed by atoms with Crippen molar-refractivity contribution >= 4 is 11.6 Å². The van der Waals surface area contributed by atoms with Gasteiger partial charge in [0.05, 0.1) is 6.61 Å². The zero-order chi connectivity index (χ0) is 12.8. The topological polar surface area (TPSA) is 49.3 Å². The molecule has 2 N–H and O–H groups in total. The predicted molar refractivity (Wildman–Crippen MR) is 71.0 cm³/mol. The molecule has 0 atom stereocenters. The van der Waals surface area contributed by atoms with Crippen molar-refractivity contribution in [1.82, 2.24) is 0 Å². The highest BCUT2D eigenvalue weighted by molar-refractivity contribution is 5.93. The Balaban J connectivity index is 1.98. The summed E-state index contributed by atoms with van der Waals surface area (Å²) in [7, 11) is 0. The largest absolute Gasteiger partial charge is 0.395 e. The van der Waals surface area contributed by atoms with Crippen molar-refractivity contribution in [3.05, 3.63) is 29.8 Å². The van der Waals surface area contributed by atoms with Gasteiger partial charge in [0.15, 0.2) is 0 Å². The molecule has 1 saturated carbocycles. The summed E-state index contributed by atoms with van der Waals surface area (Å²) in [4.78, 5) is 11.8. The molecule has 18 heavy (non-hydrogen) atoms. The van der Waals surface area contributed by atoms with E-state index in [0.29, 0.717) is 6.42 Å². The van der Waals surface area contributed by atoms with Gasteiger partial charge < -0.3 is 10.4 Å². The molecule has 3 nitrogen and oxygen atoms in total. The van der Waals surface area contributed by atoms with Gasteiger partial charge in [0.2, 0.25) is 5.91 Å². The molecule has 0 unspecified atom stereocenters. The molecule has 1 aliphatic carbocycles.